The van der Waals surface area contributed by atoms with Gasteiger partial charge in [-0.2, -0.15) is 0 Å². The van der Waals surface area contributed by atoms with Gasteiger partial charge in [0.2, 0.25) is 5.88 Å². The van der Waals surface area contributed by atoms with Gasteiger partial charge in [0.25, 0.3) is 0 Å². The van der Waals surface area contributed by atoms with Crippen molar-refractivity contribution >= 4 is 11.2 Å². The molecule has 1 aliphatic rings. The van der Waals surface area contributed by atoms with Crippen LogP contribution in [0, 0.1) is 0 Å². The third kappa shape index (κ3) is 2.14. The van der Waals surface area contributed by atoms with Crippen LogP contribution in [0.15, 0.2) is 41.1 Å². The van der Waals surface area contributed by atoms with Crippen molar-refractivity contribution in [3.05, 3.63) is 42.5 Å². The molecular formula is C16H18N4O. The molecule has 0 aromatic carbocycles. The SMILES string of the molecule is CN1CCC(c2nc3cccnc3n2-c2ccco2)CC1. The Kier molecular flexibility index (Phi) is 3.00. The van der Waals surface area contributed by atoms with Crippen molar-refractivity contribution < 1.29 is 4.42 Å². The van der Waals surface area contributed by atoms with Gasteiger partial charge in [0.1, 0.15) is 11.3 Å². The van der Waals surface area contributed by atoms with Gasteiger partial charge in [-0.3, -0.25) is 0 Å². The minimum atomic E-state index is 0.459. The Hall–Kier alpha value is -2.14. The fourth-order valence-corrected chi connectivity index (χ4v) is 3.08. The summed E-state index contributed by atoms with van der Waals surface area (Å²) in [5, 5.41) is 0. The molecule has 0 amide bonds. The maximum absolute atomic E-state index is 5.61. The van der Waals surface area contributed by atoms with Crippen LogP contribution in [-0.4, -0.2) is 39.6 Å². The first-order chi connectivity index (χ1) is 10.3. The highest BCUT2D eigenvalue weighted by molar-refractivity contribution is 5.73. The number of hydrogen-bond acceptors (Lipinski definition) is 4. The van der Waals surface area contributed by atoms with Crippen LogP contribution < -0.4 is 0 Å². The summed E-state index contributed by atoms with van der Waals surface area (Å²) in [7, 11) is 2.17. The molecule has 5 heteroatoms. The van der Waals surface area contributed by atoms with Crippen molar-refractivity contribution in [1.82, 2.24) is 19.4 Å². The highest BCUT2D eigenvalue weighted by Gasteiger charge is 2.25. The lowest BCUT2D eigenvalue weighted by atomic mass is 9.96. The summed E-state index contributed by atoms with van der Waals surface area (Å²) < 4.78 is 7.69. The number of aromatic nitrogens is 3. The van der Waals surface area contributed by atoms with E-state index < -0.39 is 0 Å². The lowest BCUT2D eigenvalue weighted by molar-refractivity contribution is 0.250. The summed E-state index contributed by atoms with van der Waals surface area (Å²) in [6.45, 7) is 2.22. The number of imidazole rings is 1. The number of nitrogens with zero attached hydrogens (tertiary/aromatic N) is 4. The standard InChI is InChI=1S/C16H18N4O/c1-19-9-6-12(7-10-19)15-18-13-4-2-8-17-16(13)20(15)14-5-3-11-21-14/h2-5,8,11-12H,6-7,9-10H2,1H3. The molecule has 4 heterocycles. The maximum Gasteiger partial charge on any atom is 0.206 e. The van der Waals surface area contributed by atoms with E-state index in [0.29, 0.717) is 5.92 Å². The van der Waals surface area contributed by atoms with Crippen LogP contribution >= 0.6 is 0 Å². The van der Waals surface area contributed by atoms with Gasteiger partial charge in [-0.05, 0) is 51.2 Å². The Morgan fingerprint density at radius 3 is 2.81 bits per heavy atom. The van der Waals surface area contributed by atoms with Gasteiger partial charge in [0.15, 0.2) is 5.65 Å². The van der Waals surface area contributed by atoms with Crippen LogP contribution in [0.1, 0.15) is 24.6 Å². The maximum atomic E-state index is 5.61. The number of likely N-dealkylation sites (tertiary alicyclic amines) is 1. The van der Waals surface area contributed by atoms with E-state index in [9.17, 15) is 0 Å². The highest BCUT2D eigenvalue weighted by Crippen LogP contribution is 2.31. The number of rotatable bonds is 2. The van der Waals surface area contributed by atoms with E-state index in [0.717, 1.165) is 48.8 Å². The number of furan rings is 1. The molecule has 21 heavy (non-hydrogen) atoms. The molecule has 5 nitrogen and oxygen atoms in total. The van der Waals surface area contributed by atoms with Gasteiger partial charge >= 0.3 is 0 Å². The number of pyridine rings is 1. The number of fused-ring (bicyclic) bond motifs is 1. The molecule has 3 aromatic rings. The molecule has 1 aliphatic heterocycles. The lowest BCUT2D eigenvalue weighted by Crippen LogP contribution is -2.30. The Bertz CT molecular complexity index is 739. The molecule has 1 fully saturated rings. The van der Waals surface area contributed by atoms with Gasteiger partial charge in [0.05, 0.1) is 6.26 Å². The molecule has 0 aliphatic carbocycles. The highest BCUT2D eigenvalue weighted by atomic mass is 16.3. The zero-order valence-electron chi connectivity index (χ0n) is 12.1. The first kappa shape index (κ1) is 12.6. The second kappa shape index (κ2) is 5.00. The Morgan fingerprint density at radius 2 is 2.05 bits per heavy atom. The quantitative estimate of drug-likeness (QED) is 0.725. The van der Waals surface area contributed by atoms with Crippen LogP contribution in [0.2, 0.25) is 0 Å². The fourth-order valence-electron chi connectivity index (χ4n) is 3.08. The third-order valence-electron chi connectivity index (χ3n) is 4.25. The zero-order chi connectivity index (χ0) is 14.2. The van der Waals surface area contributed by atoms with Crippen molar-refractivity contribution in [2.45, 2.75) is 18.8 Å². The van der Waals surface area contributed by atoms with Crippen molar-refractivity contribution in [3.8, 4) is 5.88 Å². The minimum Gasteiger partial charge on any atom is -0.448 e. The molecule has 0 unspecified atom stereocenters. The summed E-state index contributed by atoms with van der Waals surface area (Å²) in [5.41, 5.74) is 1.81. The van der Waals surface area contributed by atoms with Gasteiger partial charge in [-0.15, -0.1) is 0 Å². The second-order valence-corrected chi connectivity index (χ2v) is 5.68. The number of piperidine rings is 1. The molecule has 0 radical (unpaired) electrons. The summed E-state index contributed by atoms with van der Waals surface area (Å²) in [5.74, 6) is 2.33. The lowest BCUT2D eigenvalue weighted by Gasteiger charge is -2.28. The molecule has 0 bridgehead atoms. The number of hydrogen-bond donors (Lipinski definition) is 0. The van der Waals surface area contributed by atoms with Crippen molar-refractivity contribution in [2.75, 3.05) is 20.1 Å². The zero-order valence-corrected chi connectivity index (χ0v) is 12.1. The first-order valence-electron chi connectivity index (χ1n) is 7.39. The Balaban J connectivity index is 1.86. The van der Waals surface area contributed by atoms with Crippen LogP contribution in [-0.2, 0) is 0 Å². The molecule has 4 rings (SSSR count). The van der Waals surface area contributed by atoms with Crippen LogP contribution in [0.25, 0.3) is 17.0 Å². The van der Waals surface area contributed by atoms with Crippen molar-refractivity contribution in [1.29, 1.82) is 0 Å². The van der Waals surface area contributed by atoms with Gasteiger partial charge in [-0.25, -0.2) is 14.5 Å². The van der Waals surface area contributed by atoms with Crippen LogP contribution in [0.5, 0.6) is 0 Å². The van der Waals surface area contributed by atoms with Gasteiger partial charge < -0.3 is 9.32 Å². The molecule has 1 saturated heterocycles. The van der Waals surface area contributed by atoms with E-state index in [1.807, 2.05) is 30.5 Å². The molecule has 0 saturated carbocycles. The smallest absolute Gasteiger partial charge is 0.206 e. The average molecular weight is 282 g/mol. The third-order valence-corrected chi connectivity index (χ3v) is 4.25. The van der Waals surface area contributed by atoms with Crippen molar-refractivity contribution in [2.24, 2.45) is 0 Å². The van der Waals surface area contributed by atoms with Crippen LogP contribution in [0.4, 0.5) is 0 Å². The summed E-state index contributed by atoms with van der Waals surface area (Å²) in [6.07, 6.45) is 5.76. The fraction of sp³-hybridized carbons (Fsp3) is 0.375. The van der Waals surface area contributed by atoms with E-state index in [-0.39, 0.29) is 0 Å². The van der Waals surface area contributed by atoms with E-state index in [2.05, 4.69) is 21.5 Å². The van der Waals surface area contributed by atoms with Crippen molar-refractivity contribution in [3.63, 3.8) is 0 Å². The molecular weight excluding hydrogens is 264 g/mol. The molecule has 0 spiro atoms. The van der Waals surface area contributed by atoms with E-state index in [1.54, 1.807) is 6.26 Å². The topological polar surface area (TPSA) is 47.1 Å². The molecule has 0 N–H and O–H groups in total. The Morgan fingerprint density at radius 1 is 1.19 bits per heavy atom. The van der Waals surface area contributed by atoms with Gasteiger partial charge in [-0.1, -0.05) is 0 Å². The van der Waals surface area contributed by atoms with E-state index >= 15 is 0 Å². The Labute approximate surface area is 123 Å². The summed E-state index contributed by atoms with van der Waals surface area (Å²) in [6, 6.07) is 7.82. The second-order valence-electron chi connectivity index (χ2n) is 5.68. The van der Waals surface area contributed by atoms with Gasteiger partial charge in [0, 0.05) is 18.2 Å². The summed E-state index contributed by atoms with van der Waals surface area (Å²) in [4.78, 5) is 11.7. The van der Waals surface area contributed by atoms with E-state index in [1.165, 1.54) is 0 Å². The average Bonchev–Trinajstić information content (AvgIpc) is 3.14. The normalized spacial score (nSPS) is 17.6. The minimum absolute atomic E-state index is 0.459. The monoisotopic (exact) mass is 282 g/mol. The van der Waals surface area contributed by atoms with Crippen LogP contribution in [0.3, 0.4) is 0 Å². The van der Waals surface area contributed by atoms with E-state index in [4.69, 9.17) is 9.40 Å². The predicted octanol–water partition coefficient (Wildman–Crippen LogP) is 2.82. The summed E-state index contributed by atoms with van der Waals surface area (Å²) >= 11 is 0. The predicted molar refractivity (Wildman–Crippen MR) is 80.6 cm³/mol. The molecule has 108 valence electrons. The molecule has 3 aromatic heterocycles. The molecule has 0 atom stereocenters. The largest absolute Gasteiger partial charge is 0.448 e. The first-order valence-corrected chi connectivity index (χ1v) is 7.39.